The van der Waals surface area contributed by atoms with Gasteiger partial charge in [0.15, 0.2) is 0 Å². The highest BCUT2D eigenvalue weighted by molar-refractivity contribution is 9.09. The maximum absolute atomic E-state index is 11.7. The van der Waals surface area contributed by atoms with Gasteiger partial charge in [0.25, 0.3) is 0 Å². The van der Waals surface area contributed by atoms with Gasteiger partial charge in [0, 0.05) is 17.8 Å². The molecule has 1 fully saturated rings. The van der Waals surface area contributed by atoms with E-state index in [4.69, 9.17) is 0 Å². The van der Waals surface area contributed by atoms with Gasteiger partial charge in [-0.1, -0.05) is 61.4 Å². The first-order valence-corrected chi connectivity index (χ1v) is 8.56. The molecule has 0 aliphatic heterocycles. The molecule has 3 heteroatoms. The highest BCUT2D eigenvalue weighted by Crippen LogP contribution is 2.29. The van der Waals surface area contributed by atoms with Crippen molar-refractivity contribution in [2.75, 3.05) is 6.54 Å². The molecule has 0 aromatic carbocycles. The minimum Gasteiger partial charge on any atom is -0.356 e. The maximum atomic E-state index is 11.7. The zero-order valence-corrected chi connectivity index (χ0v) is 13.3. The minimum absolute atomic E-state index is 0.247. The second kappa shape index (κ2) is 9.82. The predicted molar refractivity (Wildman–Crippen MR) is 81.1 cm³/mol. The summed E-state index contributed by atoms with van der Waals surface area (Å²) in [6.07, 6.45) is 12.0. The van der Waals surface area contributed by atoms with Gasteiger partial charge in [0.1, 0.15) is 0 Å². The van der Waals surface area contributed by atoms with Crippen molar-refractivity contribution in [3.8, 4) is 0 Å². The standard InChI is InChI=1S/C15H28BrNO/c1-2-3-4-5-6-11-15(18)17-12-13-9-7-8-10-14(13)16/h13-14H,2-12H2,1H3,(H,17,18). The average molecular weight is 318 g/mol. The molecule has 0 bridgehead atoms. The zero-order chi connectivity index (χ0) is 13.2. The number of carbonyl (C=O) groups is 1. The number of amides is 1. The predicted octanol–water partition coefficient (Wildman–Crippen LogP) is 4.42. The van der Waals surface area contributed by atoms with Crippen molar-refractivity contribution >= 4 is 21.8 Å². The fraction of sp³-hybridized carbons (Fsp3) is 0.933. The van der Waals surface area contributed by atoms with Crippen LogP contribution in [0, 0.1) is 5.92 Å². The van der Waals surface area contributed by atoms with Gasteiger partial charge < -0.3 is 5.32 Å². The summed E-state index contributed by atoms with van der Waals surface area (Å²) in [5.74, 6) is 0.888. The third kappa shape index (κ3) is 6.77. The van der Waals surface area contributed by atoms with E-state index in [1.54, 1.807) is 0 Å². The molecule has 0 heterocycles. The summed E-state index contributed by atoms with van der Waals surface area (Å²) < 4.78 is 0. The van der Waals surface area contributed by atoms with Crippen LogP contribution in [0.1, 0.15) is 71.1 Å². The van der Waals surface area contributed by atoms with Gasteiger partial charge in [-0.2, -0.15) is 0 Å². The highest BCUT2D eigenvalue weighted by Gasteiger charge is 2.22. The topological polar surface area (TPSA) is 29.1 Å². The van der Waals surface area contributed by atoms with Crippen LogP contribution in [0.15, 0.2) is 0 Å². The van der Waals surface area contributed by atoms with E-state index in [0.717, 1.165) is 13.0 Å². The number of hydrogen-bond acceptors (Lipinski definition) is 1. The maximum Gasteiger partial charge on any atom is 0.220 e. The number of rotatable bonds is 8. The average Bonchev–Trinajstić information content (AvgIpc) is 2.37. The van der Waals surface area contributed by atoms with Crippen LogP contribution in [-0.2, 0) is 4.79 Å². The van der Waals surface area contributed by atoms with Gasteiger partial charge in [-0.3, -0.25) is 4.79 Å². The number of alkyl halides is 1. The third-order valence-electron chi connectivity index (χ3n) is 3.89. The molecular weight excluding hydrogens is 290 g/mol. The smallest absolute Gasteiger partial charge is 0.220 e. The van der Waals surface area contributed by atoms with Crippen molar-refractivity contribution < 1.29 is 4.79 Å². The summed E-state index contributed by atoms with van der Waals surface area (Å²) in [4.78, 5) is 12.3. The molecule has 0 aromatic rings. The summed E-state index contributed by atoms with van der Waals surface area (Å²) >= 11 is 3.73. The molecule has 2 nitrogen and oxygen atoms in total. The van der Waals surface area contributed by atoms with Gasteiger partial charge in [0.2, 0.25) is 5.91 Å². The largest absolute Gasteiger partial charge is 0.356 e. The van der Waals surface area contributed by atoms with Crippen LogP contribution >= 0.6 is 15.9 Å². The van der Waals surface area contributed by atoms with E-state index in [1.165, 1.54) is 51.4 Å². The molecule has 0 aromatic heterocycles. The molecule has 0 spiro atoms. The quantitative estimate of drug-likeness (QED) is 0.521. The van der Waals surface area contributed by atoms with Crippen LogP contribution in [0.25, 0.3) is 0 Å². The van der Waals surface area contributed by atoms with E-state index in [0.29, 0.717) is 17.2 Å². The Kier molecular flexibility index (Phi) is 8.74. The molecule has 2 atom stereocenters. The van der Waals surface area contributed by atoms with E-state index in [9.17, 15) is 4.79 Å². The van der Waals surface area contributed by atoms with Crippen LogP contribution in [0.5, 0.6) is 0 Å². The molecular formula is C15H28BrNO. The van der Waals surface area contributed by atoms with E-state index in [-0.39, 0.29) is 5.91 Å². The second-order valence-electron chi connectivity index (χ2n) is 5.53. The molecule has 18 heavy (non-hydrogen) atoms. The first kappa shape index (κ1) is 16.0. The summed E-state index contributed by atoms with van der Waals surface area (Å²) in [6, 6.07) is 0. The fourth-order valence-corrected chi connectivity index (χ4v) is 3.39. The minimum atomic E-state index is 0.247. The van der Waals surface area contributed by atoms with Crippen molar-refractivity contribution in [3.63, 3.8) is 0 Å². The number of unbranched alkanes of at least 4 members (excludes halogenated alkanes) is 4. The Bertz CT molecular complexity index is 233. The molecule has 1 saturated carbocycles. The van der Waals surface area contributed by atoms with Gasteiger partial charge in [0.05, 0.1) is 0 Å². The monoisotopic (exact) mass is 317 g/mol. The van der Waals surface area contributed by atoms with E-state index >= 15 is 0 Å². The van der Waals surface area contributed by atoms with E-state index < -0.39 is 0 Å². The first-order valence-electron chi connectivity index (χ1n) is 7.64. The lowest BCUT2D eigenvalue weighted by Crippen LogP contribution is -2.34. The Morgan fingerprint density at radius 1 is 1.17 bits per heavy atom. The summed E-state index contributed by atoms with van der Waals surface area (Å²) in [5, 5.41) is 3.10. The molecule has 0 saturated heterocycles. The SMILES string of the molecule is CCCCCCCC(=O)NCC1CCCCC1Br. The van der Waals surface area contributed by atoms with Gasteiger partial charge in [-0.25, -0.2) is 0 Å². The van der Waals surface area contributed by atoms with Gasteiger partial charge in [-0.05, 0) is 25.2 Å². The van der Waals surface area contributed by atoms with Gasteiger partial charge in [-0.15, -0.1) is 0 Å². The second-order valence-corrected chi connectivity index (χ2v) is 6.70. The molecule has 1 rings (SSSR count). The summed E-state index contributed by atoms with van der Waals surface area (Å²) in [6.45, 7) is 3.08. The molecule has 1 aliphatic carbocycles. The molecule has 1 aliphatic rings. The van der Waals surface area contributed by atoms with E-state index in [1.807, 2.05) is 0 Å². The van der Waals surface area contributed by atoms with Crippen LogP contribution in [-0.4, -0.2) is 17.3 Å². The van der Waals surface area contributed by atoms with Crippen molar-refractivity contribution in [3.05, 3.63) is 0 Å². The summed E-state index contributed by atoms with van der Waals surface area (Å²) in [7, 11) is 0. The molecule has 106 valence electrons. The lowest BCUT2D eigenvalue weighted by Gasteiger charge is -2.27. The Morgan fingerprint density at radius 3 is 2.61 bits per heavy atom. The van der Waals surface area contributed by atoms with Crippen molar-refractivity contribution in [2.24, 2.45) is 5.92 Å². The highest BCUT2D eigenvalue weighted by atomic mass is 79.9. The fourth-order valence-electron chi connectivity index (χ4n) is 2.61. The number of carbonyl (C=O) groups excluding carboxylic acids is 1. The Morgan fingerprint density at radius 2 is 1.89 bits per heavy atom. The normalized spacial score (nSPS) is 23.9. The zero-order valence-electron chi connectivity index (χ0n) is 11.7. The number of hydrogen-bond donors (Lipinski definition) is 1. The number of halogens is 1. The number of nitrogens with one attached hydrogen (secondary N) is 1. The molecule has 1 N–H and O–H groups in total. The van der Waals surface area contributed by atoms with Gasteiger partial charge >= 0.3 is 0 Å². The molecule has 2 unspecified atom stereocenters. The van der Waals surface area contributed by atoms with Crippen LogP contribution in [0.3, 0.4) is 0 Å². The van der Waals surface area contributed by atoms with Crippen molar-refractivity contribution in [1.82, 2.24) is 5.32 Å². The van der Waals surface area contributed by atoms with Crippen LogP contribution < -0.4 is 5.32 Å². The summed E-state index contributed by atoms with van der Waals surface area (Å²) in [5.41, 5.74) is 0. The Hall–Kier alpha value is -0.0500. The Balaban J connectivity index is 2.02. The van der Waals surface area contributed by atoms with E-state index in [2.05, 4.69) is 28.2 Å². The van der Waals surface area contributed by atoms with Crippen molar-refractivity contribution in [2.45, 2.75) is 76.0 Å². The van der Waals surface area contributed by atoms with Crippen LogP contribution in [0.2, 0.25) is 0 Å². The lowest BCUT2D eigenvalue weighted by atomic mass is 9.89. The lowest BCUT2D eigenvalue weighted by molar-refractivity contribution is -0.121. The van der Waals surface area contributed by atoms with Crippen molar-refractivity contribution in [1.29, 1.82) is 0 Å². The Labute approximate surface area is 120 Å². The molecule has 1 amide bonds. The van der Waals surface area contributed by atoms with Crippen LogP contribution in [0.4, 0.5) is 0 Å². The first-order chi connectivity index (χ1) is 8.74. The molecule has 0 radical (unpaired) electrons. The third-order valence-corrected chi connectivity index (χ3v) is 5.09.